The highest BCUT2D eigenvalue weighted by Crippen LogP contribution is 2.25. The Labute approximate surface area is 125 Å². The normalized spacial score (nSPS) is 13.1. The lowest BCUT2D eigenvalue weighted by atomic mass is 10.1. The molecule has 0 fully saturated rings. The predicted molar refractivity (Wildman–Crippen MR) is 80.3 cm³/mol. The van der Waals surface area contributed by atoms with Crippen LogP contribution in [0.25, 0.3) is 0 Å². The molecule has 1 aliphatic heterocycles. The van der Waals surface area contributed by atoms with Crippen LogP contribution >= 0.6 is 0 Å². The van der Waals surface area contributed by atoms with Crippen molar-refractivity contribution in [2.24, 2.45) is 0 Å². The summed E-state index contributed by atoms with van der Waals surface area (Å²) in [5.74, 6) is 1.92. The van der Waals surface area contributed by atoms with Gasteiger partial charge in [0, 0.05) is 19.6 Å². The van der Waals surface area contributed by atoms with Gasteiger partial charge in [-0.05, 0) is 42.3 Å². The lowest BCUT2D eigenvalue weighted by Gasteiger charge is -2.07. The molecule has 112 valence electrons. The van der Waals surface area contributed by atoms with Crippen LogP contribution in [0, 0.1) is 0 Å². The molecule has 1 aromatic heterocycles. The van der Waals surface area contributed by atoms with Crippen LogP contribution in [0.1, 0.15) is 23.3 Å². The van der Waals surface area contributed by atoms with Gasteiger partial charge in [0.2, 0.25) is 0 Å². The summed E-state index contributed by atoms with van der Waals surface area (Å²) in [7, 11) is 0. The summed E-state index contributed by atoms with van der Waals surface area (Å²) in [5.41, 5.74) is 2.65. The van der Waals surface area contributed by atoms with E-state index in [0.717, 1.165) is 50.7 Å². The first-order valence-electron chi connectivity index (χ1n) is 7.47. The van der Waals surface area contributed by atoms with Crippen molar-refractivity contribution in [2.45, 2.75) is 26.0 Å². The third kappa shape index (κ3) is 4.09. The van der Waals surface area contributed by atoms with E-state index in [1.807, 2.05) is 12.1 Å². The Morgan fingerprint density at radius 1 is 1.24 bits per heavy atom. The van der Waals surface area contributed by atoms with E-state index in [0.29, 0.717) is 6.61 Å². The number of hydrogen-bond donors (Lipinski definition) is 1. The molecular weight excluding hydrogens is 266 g/mol. The molecule has 0 radical (unpaired) electrons. The number of fused-ring (bicyclic) bond motifs is 1. The van der Waals surface area contributed by atoms with Crippen LogP contribution in [0.2, 0.25) is 0 Å². The molecule has 4 nitrogen and oxygen atoms in total. The van der Waals surface area contributed by atoms with Crippen LogP contribution in [-0.4, -0.2) is 19.8 Å². The van der Waals surface area contributed by atoms with Gasteiger partial charge in [-0.15, -0.1) is 0 Å². The minimum absolute atomic E-state index is 0.553. The van der Waals surface area contributed by atoms with Crippen molar-refractivity contribution < 1.29 is 13.9 Å². The Morgan fingerprint density at radius 2 is 2.24 bits per heavy atom. The van der Waals surface area contributed by atoms with E-state index in [9.17, 15) is 0 Å². The fraction of sp³-hybridized carbons (Fsp3) is 0.412. The topological polar surface area (TPSA) is 43.6 Å². The van der Waals surface area contributed by atoms with Gasteiger partial charge >= 0.3 is 0 Å². The zero-order chi connectivity index (χ0) is 14.3. The number of furan rings is 1. The number of ether oxygens (including phenoxy) is 2. The molecule has 4 heteroatoms. The average Bonchev–Trinajstić information content (AvgIpc) is 3.17. The minimum atomic E-state index is 0.553. The van der Waals surface area contributed by atoms with E-state index in [2.05, 4.69) is 23.5 Å². The fourth-order valence-electron chi connectivity index (χ4n) is 2.45. The van der Waals surface area contributed by atoms with Crippen LogP contribution in [0.3, 0.4) is 0 Å². The van der Waals surface area contributed by atoms with Gasteiger partial charge in [0.25, 0.3) is 0 Å². The van der Waals surface area contributed by atoms with Gasteiger partial charge in [0.15, 0.2) is 0 Å². The summed E-state index contributed by atoms with van der Waals surface area (Å²) in [6, 6.07) is 10.2. The van der Waals surface area contributed by atoms with E-state index in [1.54, 1.807) is 6.26 Å². The van der Waals surface area contributed by atoms with Crippen molar-refractivity contribution >= 4 is 0 Å². The highest BCUT2D eigenvalue weighted by atomic mass is 16.5. The number of benzene rings is 1. The first-order chi connectivity index (χ1) is 10.4. The van der Waals surface area contributed by atoms with E-state index >= 15 is 0 Å². The first-order valence-corrected chi connectivity index (χ1v) is 7.47. The first kappa shape index (κ1) is 14.2. The molecule has 0 spiro atoms. The molecule has 1 aromatic carbocycles. The zero-order valence-electron chi connectivity index (χ0n) is 12.1. The van der Waals surface area contributed by atoms with Gasteiger partial charge in [0.1, 0.15) is 18.1 Å². The summed E-state index contributed by atoms with van der Waals surface area (Å²) >= 11 is 0. The molecular formula is C17H21NO3. The molecule has 0 unspecified atom stereocenters. The molecule has 0 aliphatic carbocycles. The summed E-state index contributed by atoms with van der Waals surface area (Å²) in [6.07, 6.45) is 3.69. The van der Waals surface area contributed by atoms with Crippen molar-refractivity contribution in [1.82, 2.24) is 5.32 Å². The molecule has 21 heavy (non-hydrogen) atoms. The third-order valence-electron chi connectivity index (χ3n) is 3.55. The maximum absolute atomic E-state index is 5.54. The Morgan fingerprint density at radius 3 is 3.14 bits per heavy atom. The van der Waals surface area contributed by atoms with Crippen LogP contribution < -0.4 is 10.1 Å². The zero-order valence-corrected chi connectivity index (χ0v) is 12.1. The molecule has 3 rings (SSSR count). The van der Waals surface area contributed by atoms with Crippen LogP contribution in [0.4, 0.5) is 0 Å². The molecule has 0 saturated heterocycles. The summed E-state index contributed by atoms with van der Waals surface area (Å²) < 4.78 is 16.3. The van der Waals surface area contributed by atoms with Gasteiger partial charge < -0.3 is 19.2 Å². The number of rotatable bonds is 8. The average molecular weight is 287 g/mol. The Balaban J connectivity index is 1.28. The van der Waals surface area contributed by atoms with Crippen molar-refractivity contribution in [2.75, 3.05) is 19.8 Å². The second kappa shape index (κ2) is 7.29. The van der Waals surface area contributed by atoms with Gasteiger partial charge in [-0.25, -0.2) is 0 Å². The monoisotopic (exact) mass is 287 g/mol. The third-order valence-corrected chi connectivity index (χ3v) is 3.55. The van der Waals surface area contributed by atoms with Crippen molar-refractivity contribution in [3.63, 3.8) is 0 Å². The number of nitrogens with one attached hydrogen (secondary N) is 1. The van der Waals surface area contributed by atoms with E-state index in [1.165, 1.54) is 11.1 Å². The quantitative estimate of drug-likeness (QED) is 0.758. The van der Waals surface area contributed by atoms with Crippen LogP contribution in [0.5, 0.6) is 5.75 Å². The van der Waals surface area contributed by atoms with E-state index in [-0.39, 0.29) is 0 Å². The van der Waals surface area contributed by atoms with Crippen molar-refractivity contribution in [3.05, 3.63) is 53.5 Å². The smallest absolute Gasteiger partial charge is 0.129 e. The summed E-state index contributed by atoms with van der Waals surface area (Å²) in [6.45, 7) is 3.96. The fourth-order valence-corrected chi connectivity index (χ4v) is 2.45. The second-order valence-electron chi connectivity index (χ2n) is 5.20. The lowest BCUT2D eigenvalue weighted by Crippen LogP contribution is -2.16. The molecule has 2 aromatic rings. The largest absolute Gasteiger partial charge is 0.493 e. The Hall–Kier alpha value is -1.78. The Kier molecular flexibility index (Phi) is 4.92. The van der Waals surface area contributed by atoms with Crippen molar-refractivity contribution in [1.29, 1.82) is 0 Å². The summed E-state index contributed by atoms with van der Waals surface area (Å²) in [5, 5.41) is 3.44. The van der Waals surface area contributed by atoms with Crippen LogP contribution in [0.15, 0.2) is 41.0 Å². The van der Waals surface area contributed by atoms with Crippen LogP contribution in [-0.2, 0) is 24.3 Å². The molecule has 2 heterocycles. The molecule has 0 atom stereocenters. The maximum Gasteiger partial charge on any atom is 0.129 e. The second-order valence-corrected chi connectivity index (χ2v) is 5.20. The number of hydrogen-bond acceptors (Lipinski definition) is 4. The SMILES string of the molecule is c1coc(COCCCNCc2ccc3c(c2)CCO3)c1. The minimum Gasteiger partial charge on any atom is -0.493 e. The molecule has 1 N–H and O–H groups in total. The maximum atomic E-state index is 5.54. The van der Waals surface area contributed by atoms with Crippen molar-refractivity contribution in [3.8, 4) is 5.75 Å². The molecule has 0 saturated carbocycles. The standard InChI is InChI=1S/C17H21NO3/c1-3-16(20-9-1)13-19-8-2-7-18-12-14-4-5-17-15(11-14)6-10-21-17/h1,3-5,9,11,18H,2,6-8,10,12-13H2. The van der Waals surface area contributed by atoms with Gasteiger partial charge in [-0.3, -0.25) is 0 Å². The van der Waals surface area contributed by atoms with Gasteiger partial charge in [-0.2, -0.15) is 0 Å². The van der Waals surface area contributed by atoms with E-state index < -0.39 is 0 Å². The Bertz CT molecular complexity index is 551. The predicted octanol–water partition coefficient (Wildman–Crippen LogP) is 2.91. The highest BCUT2D eigenvalue weighted by Gasteiger charge is 2.11. The molecule has 0 amide bonds. The van der Waals surface area contributed by atoms with E-state index in [4.69, 9.17) is 13.9 Å². The lowest BCUT2D eigenvalue weighted by molar-refractivity contribution is 0.104. The summed E-state index contributed by atoms with van der Waals surface area (Å²) in [4.78, 5) is 0. The highest BCUT2D eigenvalue weighted by molar-refractivity contribution is 5.39. The van der Waals surface area contributed by atoms with Gasteiger partial charge in [0.05, 0.1) is 12.9 Å². The molecule has 1 aliphatic rings. The molecule has 0 bridgehead atoms. The van der Waals surface area contributed by atoms with Gasteiger partial charge in [-0.1, -0.05) is 12.1 Å².